The van der Waals surface area contributed by atoms with Gasteiger partial charge in [0.1, 0.15) is 12.4 Å². The fraction of sp³-hybridized carbons (Fsp3) is 0.0769. The van der Waals surface area contributed by atoms with Crippen molar-refractivity contribution in [3.05, 3.63) is 64.1 Å². The third-order valence-corrected chi connectivity index (χ3v) is 2.52. The molecule has 0 atom stereocenters. The zero-order valence-electron chi connectivity index (χ0n) is 8.41. The van der Waals surface area contributed by atoms with Gasteiger partial charge in [0.25, 0.3) is 0 Å². The maximum Gasteiger partial charge on any atom is 0.119 e. The first-order chi connectivity index (χ1) is 7.74. The molecule has 1 radical (unpaired) electrons. The molecule has 0 bridgehead atoms. The normalized spacial score (nSPS) is 10.1. The Labute approximate surface area is 105 Å². The molecule has 0 aliphatic carbocycles. The molecule has 16 heavy (non-hydrogen) atoms. The molecule has 0 spiro atoms. The molecular formula is C13H9Cl2O. The van der Waals surface area contributed by atoms with Crippen LogP contribution in [0.4, 0.5) is 0 Å². The van der Waals surface area contributed by atoms with Crippen molar-refractivity contribution in [2.45, 2.75) is 6.61 Å². The van der Waals surface area contributed by atoms with Crippen molar-refractivity contribution in [2.75, 3.05) is 0 Å². The molecule has 2 aromatic rings. The minimum atomic E-state index is 0.482. The summed E-state index contributed by atoms with van der Waals surface area (Å²) in [6, 6.07) is 15.7. The minimum absolute atomic E-state index is 0.482. The lowest BCUT2D eigenvalue weighted by molar-refractivity contribution is 0.306. The molecule has 0 amide bonds. The molecule has 0 unspecified atom stereocenters. The Morgan fingerprint density at radius 2 is 1.81 bits per heavy atom. The summed E-state index contributed by atoms with van der Waals surface area (Å²) in [4.78, 5) is 0. The summed E-state index contributed by atoms with van der Waals surface area (Å²) in [6.07, 6.45) is 0. The Balaban J connectivity index is 1.99. The molecule has 0 saturated heterocycles. The first kappa shape index (κ1) is 11.3. The predicted molar refractivity (Wildman–Crippen MR) is 66.1 cm³/mol. The summed E-state index contributed by atoms with van der Waals surface area (Å²) in [5, 5.41) is 1.29. The van der Waals surface area contributed by atoms with Gasteiger partial charge in [0.2, 0.25) is 0 Å². The molecule has 0 heterocycles. The molecule has 1 nitrogen and oxygen atoms in total. The van der Waals surface area contributed by atoms with Gasteiger partial charge >= 0.3 is 0 Å². The highest BCUT2D eigenvalue weighted by Gasteiger charge is 1.97. The van der Waals surface area contributed by atoms with Crippen LogP contribution in [0.1, 0.15) is 5.56 Å². The van der Waals surface area contributed by atoms with Crippen LogP contribution in [0.5, 0.6) is 5.75 Å². The van der Waals surface area contributed by atoms with Gasteiger partial charge in [0.05, 0.1) is 0 Å². The van der Waals surface area contributed by atoms with Crippen LogP contribution in [0.2, 0.25) is 10.0 Å². The highest BCUT2D eigenvalue weighted by molar-refractivity contribution is 6.30. The van der Waals surface area contributed by atoms with Crippen molar-refractivity contribution < 1.29 is 4.74 Å². The third kappa shape index (κ3) is 3.16. The van der Waals surface area contributed by atoms with Crippen LogP contribution in [-0.2, 0) is 6.61 Å². The van der Waals surface area contributed by atoms with Gasteiger partial charge in [-0.3, -0.25) is 0 Å². The summed E-state index contributed by atoms with van der Waals surface area (Å²) < 4.78 is 5.57. The molecule has 2 rings (SSSR count). The van der Waals surface area contributed by atoms with E-state index in [4.69, 9.17) is 27.9 Å². The maximum atomic E-state index is 5.82. The van der Waals surface area contributed by atoms with E-state index in [9.17, 15) is 0 Å². The standard InChI is InChI=1S/C13H9Cl2O/c14-11-4-6-13(7-5-11)16-9-10-2-1-3-12(15)8-10/h1-2,4-8H,9H2. The van der Waals surface area contributed by atoms with Crippen molar-refractivity contribution >= 4 is 23.2 Å². The number of hydrogen-bond acceptors (Lipinski definition) is 1. The van der Waals surface area contributed by atoms with Gasteiger partial charge in [0.15, 0.2) is 0 Å². The second-order valence-electron chi connectivity index (χ2n) is 3.29. The predicted octanol–water partition coefficient (Wildman–Crippen LogP) is 4.37. The molecule has 0 aliphatic rings. The molecule has 0 aromatic heterocycles. The van der Waals surface area contributed by atoms with E-state index in [2.05, 4.69) is 6.07 Å². The van der Waals surface area contributed by atoms with Crippen molar-refractivity contribution in [1.29, 1.82) is 0 Å². The molecular weight excluding hydrogens is 243 g/mol. The van der Waals surface area contributed by atoms with E-state index in [1.807, 2.05) is 24.3 Å². The number of ether oxygens (including phenoxy) is 1. The monoisotopic (exact) mass is 251 g/mol. The maximum absolute atomic E-state index is 5.82. The smallest absolute Gasteiger partial charge is 0.119 e. The second kappa shape index (κ2) is 5.24. The van der Waals surface area contributed by atoms with Gasteiger partial charge in [0, 0.05) is 16.1 Å². The van der Waals surface area contributed by atoms with E-state index >= 15 is 0 Å². The SMILES string of the molecule is Clc1[c]ccc(COc2ccc(Cl)cc2)c1. The Kier molecular flexibility index (Phi) is 3.70. The first-order valence-electron chi connectivity index (χ1n) is 4.78. The Morgan fingerprint density at radius 3 is 2.50 bits per heavy atom. The van der Waals surface area contributed by atoms with Crippen LogP contribution >= 0.6 is 23.2 Å². The Morgan fingerprint density at radius 1 is 1.06 bits per heavy atom. The van der Waals surface area contributed by atoms with Crippen molar-refractivity contribution in [1.82, 2.24) is 0 Å². The van der Waals surface area contributed by atoms with Crippen molar-refractivity contribution in [3.8, 4) is 5.75 Å². The average molecular weight is 252 g/mol. The van der Waals surface area contributed by atoms with Crippen LogP contribution < -0.4 is 4.74 Å². The van der Waals surface area contributed by atoms with E-state index in [-0.39, 0.29) is 0 Å². The summed E-state index contributed by atoms with van der Waals surface area (Å²) in [6.45, 7) is 0.482. The lowest BCUT2D eigenvalue weighted by Crippen LogP contribution is -1.94. The summed E-state index contributed by atoms with van der Waals surface area (Å²) in [7, 11) is 0. The third-order valence-electron chi connectivity index (χ3n) is 2.05. The lowest BCUT2D eigenvalue weighted by atomic mass is 10.2. The van der Waals surface area contributed by atoms with Crippen LogP contribution in [0.25, 0.3) is 0 Å². The van der Waals surface area contributed by atoms with Crippen LogP contribution in [0.3, 0.4) is 0 Å². The van der Waals surface area contributed by atoms with Gasteiger partial charge in [-0.2, -0.15) is 0 Å². The van der Waals surface area contributed by atoms with Crippen LogP contribution in [0.15, 0.2) is 42.5 Å². The number of rotatable bonds is 3. The van der Waals surface area contributed by atoms with E-state index < -0.39 is 0 Å². The zero-order valence-corrected chi connectivity index (χ0v) is 9.92. The van der Waals surface area contributed by atoms with E-state index in [0.717, 1.165) is 11.3 Å². The van der Waals surface area contributed by atoms with E-state index in [1.165, 1.54) is 0 Å². The van der Waals surface area contributed by atoms with Gasteiger partial charge in [-0.15, -0.1) is 0 Å². The topological polar surface area (TPSA) is 9.23 Å². The Bertz CT molecular complexity index is 466. The number of halogens is 2. The minimum Gasteiger partial charge on any atom is -0.489 e. The fourth-order valence-corrected chi connectivity index (χ4v) is 1.60. The van der Waals surface area contributed by atoms with Gasteiger partial charge in [-0.05, 0) is 35.9 Å². The summed E-state index contributed by atoms with van der Waals surface area (Å²) in [5.74, 6) is 0.786. The molecule has 0 saturated carbocycles. The highest BCUT2D eigenvalue weighted by Crippen LogP contribution is 2.17. The van der Waals surface area contributed by atoms with Gasteiger partial charge in [-0.25, -0.2) is 0 Å². The van der Waals surface area contributed by atoms with Crippen molar-refractivity contribution in [2.24, 2.45) is 0 Å². The summed E-state index contributed by atoms with van der Waals surface area (Å²) >= 11 is 11.6. The molecule has 0 N–H and O–H groups in total. The van der Waals surface area contributed by atoms with E-state index in [1.54, 1.807) is 18.2 Å². The lowest BCUT2D eigenvalue weighted by Gasteiger charge is -2.06. The van der Waals surface area contributed by atoms with Crippen LogP contribution in [-0.4, -0.2) is 0 Å². The molecule has 81 valence electrons. The average Bonchev–Trinajstić information content (AvgIpc) is 2.28. The number of benzene rings is 2. The molecule has 3 heteroatoms. The van der Waals surface area contributed by atoms with Crippen molar-refractivity contribution in [3.63, 3.8) is 0 Å². The summed E-state index contributed by atoms with van der Waals surface area (Å²) in [5.41, 5.74) is 1.01. The number of hydrogen-bond donors (Lipinski definition) is 0. The van der Waals surface area contributed by atoms with Gasteiger partial charge in [-0.1, -0.05) is 35.3 Å². The molecule has 2 aromatic carbocycles. The molecule has 0 aliphatic heterocycles. The zero-order chi connectivity index (χ0) is 11.4. The first-order valence-corrected chi connectivity index (χ1v) is 5.54. The fourth-order valence-electron chi connectivity index (χ4n) is 1.27. The quantitative estimate of drug-likeness (QED) is 0.787. The Hall–Kier alpha value is -1.18. The largest absolute Gasteiger partial charge is 0.489 e. The molecule has 0 fully saturated rings. The van der Waals surface area contributed by atoms with Crippen LogP contribution in [0, 0.1) is 6.07 Å². The van der Waals surface area contributed by atoms with Gasteiger partial charge < -0.3 is 4.74 Å². The van der Waals surface area contributed by atoms with E-state index in [0.29, 0.717) is 16.7 Å². The highest BCUT2D eigenvalue weighted by atomic mass is 35.5. The second-order valence-corrected chi connectivity index (χ2v) is 4.13.